The van der Waals surface area contributed by atoms with Gasteiger partial charge in [-0.25, -0.2) is 4.79 Å². The minimum atomic E-state index is -0.593. The summed E-state index contributed by atoms with van der Waals surface area (Å²) < 4.78 is 4.08. The first-order valence-corrected chi connectivity index (χ1v) is 10.9. The van der Waals surface area contributed by atoms with Gasteiger partial charge in [-0.1, -0.05) is 5.92 Å². The van der Waals surface area contributed by atoms with Gasteiger partial charge in [0.15, 0.2) is 0 Å². The predicted molar refractivity (Wildman–Crippen MR) is 127 cm³/mol. The van der Waals surface area contributed by atoms with Crippen molar-refractivity contribution in [1.29, 1.82) is 10.5 Å². The molecule has 2 N–H and O–H groups in total. The van der Waals surface area contributed by atoms with Crippen LogP contribution in [-0.2, 0) is 20.1 Å². The fourth-order valence-electron chi connectivity index (χ4n) is 4.53. The van der Waals surface area contributed by atoms with Gasteiger partial charge in [0.1, 0.15) is 29.0 Å². The summed E-state index contributed by atoms with van der Waals surface area (Å²) in [4.78, 5) is 33.2. The summed E-state index contributed by atoms with van der Waals surface area (Å²) in [5.41, 5.74) is 6.38. The fraction of sp³-hybridized carbons (Fsp3) is 0.375. The summed E-state index contributed by atoms with van der Waals surface area (Å²) in [6.45, 7) is 2.93. The molecule has 1 aliphatic rings. The maximum atomic E-state index is 13.7. The van der Waals surface area contributed by atoms with Crippen molar-refractivity contribution >= 4 is 16.9 Å². The maximum absolute atomic E-state index is 13.7. The standard InChI is InChI=1S/C24H24N8O2/c1-3-4-11-31-21-20(18(13-26)22(31)30-10-6-8-17(27)14-30)29(2)24(34)32(23(21)33)15-19-16(12-25)7-5-9-28-19/h5,7,9,17H,6,8,10-11,14-15,27H2,1-2H3/t17-/m1/s1. The van der Waals surface area contributed by atoms with Gasteiger partial charge in [-0.3, -0.25) is 18.9 Å². The van der Waals surface area contributed by atoms with E-state index in [-0.39, 0.29) is 41.3 Å². The van der Waals surface area contributed by atoms with Crippen LogP contribution in [0, 0.1) is 34.5 Å². The highest BCUT2D eigenvalue weighted by Gasteiger charge is 2.29. The number of nitriles is 2. The van der Waals surface area contributed by atoms with E-state index < -0.39 is 11.2 Å². The highest BCUT2D eigenvalue weighted by Crippen LogP contribution is 2.32. The summed E-state index contributed by atoms with van der Waals surface area (Å²) in [6, 6.07) is 7.41. The van der Waals surface area contributed by atoms with Crippen LogP contribution in [0.2, 0.25) is 0 Å². The quantitative estimate of drug-likeness (QED) is 0.568. The van der Waals surface area contributed by atoms with Crippen molar-refractivity contribution in [2.45, 2.75) is 38.9 Å². The first kappa shape index (κ1) is 22.8. The Morgan fingerprint density at radius 3 is 2.68 bits per heavy atom. The highest BCUT2D eigenvalue weighted by atomic mass is 16.2. The first-order chi connectivity index (χ1) is 16.4. The molecule has 10 heteroatoms. The molecule has 0 spiro atoms. The molecular weight excluding hydrogens is 432 g/mol. The van der Waals surface area contributed by atoms with Crippen molar-refractivity contribution in [1.82, 2.24) is 18.7 Å². The Morgan fingerprint density at radius 1 is 1.21 bits per heavy atom. The van der Waals surface area contributed by atoms with Gasteiger partial charge in [0.2, 0.25) is 0 Å². The highest BCUT2D eigenvalue weighted by molar-refractivity contribution is 5.90. The SMILES string of the molecule is CC#CCn1c(N2CCC[C@@H](N)C2)c(C#N)c2c1c(=O)n(Cc1ncccc1C#N)c(=O)n2C. The van der Waals surface area contributed by atoms with Gasteiger partial charge in [0.25, 0.3) is 5.56 Å². The second-order valence-electron chi connectivity index (χ2n) is 8.21. The van der Waals surface area contributed by atoms with Crippen molar-refractivity contribution in [3.8, 4) is 24.0 Å². The van der Waals surface area contributed by atoms with E-state index in [2.05, 4.69) is 22.9 Å². The van der Waals surface area contributed by atoms with Crippen LogP contribution in [0.4, 0.5) is 5.82 Å². The zero-order valence-corrected chi connectivity index (χ0v) is 19.1. The van der Waals surface area contributed by atoms with Gasteiger partial charge in [-0.05, 0) is 31.9 Å². The van der Waals surface area contributed by atoms with Crippen molar-refractivity contribution < 1.29 is 0 Å². The second-order valence-corrected chi connectivity index (χ2v) is 8.21. The molecule has 4 heterocycles. The summed E-state index contributed by atoms with van der Waals surface area (Å²) >= 11 is 0. The number of fused-ring (bicyclic) bond motifs is 1. The monoisotopic (exact) mass is 456 g/mol. The van der Waals surface area contributed by atoms with Gasteiger partial charge < -0.3 is 15.2 Å². The molecule has 3 aromatic heterocycles. The smallest absolute Gasteiger partial charge is 0.331 e. The average molecular weight is 457 g/mol. The molecule has 1 atom stereocenters. The molecule has 0 radical (unpaired) electrons. The van der Waals surface area contributed by atoms with E-state index in [0.29, 0.717) is 24.6 Å². The molecule has 0 aromatic carbocycles. The zero-order valence-electron chi connectivity index (χ0n) is 19.1. The Balaban J connectivity index is 2.05. The lowest BCUT2D eigenvalue weighted by molar-refractivity contribution is 0.499. The number of piperidine rings is 1. The van der Waals surface area contributed by atoms with Crippen LogP contribution in [0.3, 0.4) is 0 Å². The van der Waals surface area contributed by atoms with Crippen LogP contribution >= 0.6 is 0 Å². The Bertz CT molecular complexity index is 1530. The molecule has 10 nitrogen and oxygen atoms in total. The molecule has 1 saturated heterocycles. The molecule has 0 bridgehead atoms. The number of nitrogens with two attached hydrogens (primary N) is 1. The maximum Gasteiger partial charge on any atom is 0.331 e. The summed E-state index contributed by atoms with van der Waals surface area (Å²) in [7, 11) is 1.53. The average Bonchev–Trinajstić information content (AvgIpc) is 3.18. The van der Waals surface area contributed by atoms with Crippen LogP contribution in [0.1, 0.15) is 36.6 Å². The Hall–Kier alpha value is -4.33. The lowest BCUT2D eigenvalue weighted by Crippen LogP contribution is -2.44. The second kappa shape index (κ2) is 9.27. The van der Waals surface area contributed by atoms with Crippen LogP contribution in [-0.4, -0.2) is 37.8 Å². The lowest BCUT2D eigenvalue weighted by Gasteiger charge is -2.33. The van der Waals surface area contributed by atoms with Crippen molar-refractivity contribution in [2.75, 3.05) is 18.0 Å². The lowest BCUT2D eigenvalue weighted by atomic mass is 10.1. The Labute approximate surface area is 196 Å². The molecular formula is C24H24N8O2. The van der Waals surface area contributed by atoms with Gasteiger partial charge in [-0.2, -0.15) is 10.5 Å². The number of aryl methyl sites for hydroxylation is 1. The number of hydrogen-bond acceptors (Lipinski definition) is 7. The number of rotatable bonds is 4. The van der Waals surface area contributed by atoms with E-state index in [1.807, 2.05) is 11.0 Å². The summed E-state index contributed by atoms with van der Waals surface area (Å²) in [6.07, 6.45) is 3.24. The van der Waals surface area contributed by atoms with Crippen LogP contribution < -0.4 is 21.9 Å². The van der Waals surface area contributed by atoms with Gasteiger partial charge in [0, 0.05) is 32.4 Å². The third kappa shape index (κ3) is 3.73. The van der Waals surface area contributed by atoms with Crippen molar-refractivity contribution in [3.63, 3.8) is 0 Å². The molecule has 172 valence electrons. The van der Waals surface area contributed by atoms with Crippen molar-refractivity contribution in [2.24, 2.45) is 12.8 Å². The Morgan fingerprint density at radius 2 is 2.00 bits per heavy atom. The minimum absolute atomic E-state index is 0.0574. The largest absolute Gasteiger partial charge is 0.355 e. The molecule has 1 fully saturated rings. The van der Waals surface area contributed by atoms with Gasteiger partial charge >= 0.3 is 5.69 Å². The normalized spacial score (nSPS) is 15.4. The summed E-state index contributed by atoms with van der Waals surface area (Å²) in [5.74, 6) is 6.38. The number of pyridine rings is 1. The van der Waals surface area contributed by atoms with E-state index in [4.69, 9.17) is 5.73 Å². The third-order valence-electron chi connectivity index (χ3n) is 6.11. The minimum Gasteiger partial charge on any atom is -0.355 e. The third-order valence-corrected chi connectivity index (χ3v) is 6.11. The first-order valence-electron chi connectivity index (χ1n) is 10.9. The molecule has 0 saturated carbocycles. The van der Waals surface area contributed by atoms with Gasteiger partial charge in [-0.15, -0.1) is 5.92 Å². The van der Waals surface area contributed by atoms with Crippen LogP contribution in [0.5, 0.6) is 0 Å². The zero-order chi connectivity index (χ0) is 24.4. The van der Waals surface area contributed by atoms with E-state index >= 15 is 0 Å². The molecule has 1 aliphatic heterocycles. The number of anilines is 1. The molecule has 34 heavy (non-hydrogen) atoms. The van der Waals surface area contributed by atoms with E-state index in [9.17, 15) is 20.1 Å². The predicted octanol–water partition coefficient (Wildman–Crippen LogP) is 0.639. The van der Waals surface area contributed by atoms with Gasteiger partial charge in [0.05, 0.1) is 29.9 Å². The molecule has 0 aliphatic carbocycles. The van der Waals surface area contributed by atoms with Crippen molar-refractivity contribution in [3.05, 3.63) is 56.0 Å². The van der Waals surface area contributed by atoms with E-state index in [0.717, 1.165) is 17.4 Å². The molecule has 3 aromatic rings. The fourth-order valence-corrected chi connectivity index (χ4v) is 4.53. The molecule has 0 amide bonds. The molecule has 0 unspecified atom stereocenters. The number of hydrogen-bond donors (Lipinski definition) is 1. The molecule has 4 rings (SSSR count). The number of aromatic nitrogens is 4. The van der Waals surface area contributed by atoms with Crippen LogP contribution in [0.15, 0.2) is 27.9 Å². The summed E-state index contributed by atoms with van der Waals surface area (Å²) in [5, 5.41) is 19.5. The van der Waals surface area contributed by atoms with E-state index in [1.165, 1.54) is 17.8 Å². The Kier molecular flexibility index (Phi) is 6.23. The van der Waals surface area contributed by atoms with E-state index in [1.54, 1.807) is 23.6 Å². The number of nitrogens with zero attached hydrogens (tertiary/aromatic N) is 7. The van der Waals surface area contributed by atoms with Crippen LogP contribution in [0.25, 0.3) is 11.0 Å². The topological polar surface area (TPSA) is 139 Å².